The quantitative estimate of drug-likeness (QED) is 0.838. The van der Waals surface area contributed by atoms with Crippen molar-refractivity contribution in [2.24, 2.45) is 0 Å². The number of thiophene rings is 1. The van der Waals surface area contributed by atoms with Crippen LogP contribution < -0.4 is 0 Å². The molecular weight excluding hydrogens is 362 g/mol. The normalized spacial score (nSPS) is 11.0. The van der Waals surface area contributed by atoms with Gasteiger partial charge in [-0.15, -0.1) is 11.3 Å². The molecule has 0 unspecified atom stereocenters. The molecule has 0 fully saturated rings. The number of rotatable bonds is 5. The molecule has 0 saturated carbocycles. The zero-order valence-corrected chi connectivity index (χ0v) is 13.9. The highest BCUT2D eigenvalue weighted by Gasteiger charge is 2.08. The van der Waals surface area contributed by atoms with E-state index in [4.69, 9.17) is 16.7 Å². The van der Waals surface area contributed by atoms with Crippen LogP contribution in [0.2, 0.25) is 4.34 Å². The first-order chi connectivity index (χ1) is 9.45. The Kier molecular flexibility index (Phi) is 5.21. The molecule has 2 aromatic rings. The van der Waals surface area contributed by atoms with Crippen molar-refractivity contribution in [1.82, 2.24) is 4.90 Å². The fourth-order valence-electron chi connectivity index (χ4n) is 1.86. The molecule has 0 amide bonds. The van der Waals surface area contributed by atoms with Crippen molar-refractivity contribution >= 4 is 44.8 Å². The Labute approximate surface area is 134 Å². The molecule has 106 valence electrons. The number of aromatic carboxylic acids is 1. The number of carboxylic acid groups (broad SMARTS) is 1. The second-order valence-electron chi connectivity index (χ2n) is 4.51. The van der Waals surface area contributed by atoms with Crippen molar-refractivity contribution in [3.05, 3.63) is 55.1 Å². The maximum absolute atomic E-state index is 10.8. The summed E-state index contributed by atoms with van der Waals surface area (Å²) in [5.41, 5.74) is 1.39. The van der Waals surface area contributed by atoms with Gasteiger partial charge in [0.25, 0.3) is 0 Å². The Bertz CT molecular complexity index is 593. The molecule has 20 heavy (non-hydrogen) atoms. The number of hydrogen-bond acceptors (Lipinski definition) is 3. The summed E-state index contributed by atoms with van der Waals surface area (Å²) in [6.07, 6.45) is 0. The van der Waals surface area contributed by atoms with Gasteiger partial charge in [-0.2, -0.15) is 0 Å². The Morgan fingerprint density at radius 1 is 1.35 bits per heavy atom. The second kappa shape index (κ2) is 6.72. The Morgan fingerprint density at radius 2 is 2.00 bits per heavy atom. The van der Waals surface area contributed by atoms with E-state index in [0.29, 0.717) is 5.56 Å². The van der Waals surface area contributed by atoms with E-state index in [9.17, 15) is 4.79 Å². The molecule has 1 aromatic carbocycles. The van der Waals surface area contributed by atoms with Crippen LogP contribution >= 0.6 is 38.9 Å². The summed E-state index contributed by atoms with van der Waals surface area (Å²) in [6.45, 7) is 1.56. The van der Waals surface area contributed by atoms with E-state index in [-0.39, 0.29) is 0 Å². The van der Waals surface area contributed by atoms with Gasteiger partial charge in [-0.3, -0.25) is 4.90 Å². The lowest BCUT2D eigenvalue weighted by Gasteiger charge is -2.15. The first-order valence-electron chi connectivity index (χ1n) is 5.90. The van der Waals surface area contributed by atoms with Gasteiger partial charge in [0.05, 0.1) is 5.56 Å². The third kappa shape index (κ3) is 4.06. The van der Waals surface area contributed by atoms with Crippen molar-refractivity contribution in [2.45, 2.75) is 13.1 Å². The highest BCUT2D eigenvalue weighted by molar-refractivity contribution is 9.10. The molecule has 0 radical (unpaired) electrons. The summed E-state index contributed by atoms with van der Waals surface area (Å²) in [6, 6.07) is 8.97. The van der Waals surface area contributed by atoms with E-state index >= 15 is 0 Å². The molecule has 6 heteroatoms. The van der Waals surface area contributed by atoms with Crippen LogP contribution in [0.4, 0.5) is 0 Å². The maximum atomic E-state index is 10.8. The molecule has 3 nitrogen and oxygen atoms in total. The van der Waals surface area contributed by atoms with Crippen molar-refractivity contribution in [2.75, 3.05) is 7.05 Å². The highest BCUT2D eigenvalue weighted by Crippen LogP contribution is 2.32. The first kappa shape index (κ1) is 15.5. The van der Waals surface area contributed by atoms with Gasteiger partial charge in [-0.05, 0) is 46.7 Å². The Morgan fingerprint density at radius 3 is 2.50 bits per heavy atom. The summed E-state index contributed by atoms with van der Waals surface area (Å²) in [5.74, 6) is -0.900. The average molecular weight is 375 g/mol. The van der Waals surface area contributed by atoms with E-state index in [1.165, 1.54) is 4.88 Å². The number of carboxylic acids is 1. The monoisotopic (exact) mass is 373 g/mol. The van der Waals surface area contributed by atoms with Crippen LogP contribution in [-0.4, -0.2) is 23.0 Å². The first-order valence-corrected chi connectivity index (χ1v) is 7.89. The smallest absolute Gasteiger partial charge is 0.335 e. The third-order valence-electron chi connectivity index (χ3n) is 2.78. The summed E-state index contributed by atoms with van der Waals surface area (Å²) in [4.78, 5) is 14.1. The number of nitrogens with zero attached hydrogens (tertiary/aromatic N) is 1. The summed E-state index contributed by atoms with van der Waals surface area (Å²) < 4.78 is 1.69. The third-order valence-corrected chi connectivity index (χ3v) is 5.23. The van der Waals surface area contributed by atoms with E-state index in [2.05, 4.69) is 20.8 Å². The summed E-state index contributed by atoms with van der Waals surface area (Å²) in [7, 11) is 2.02. The van der Waals surface area contributed by atoms with Crippen LogP contribution in [0.15, 0.2) is 34.8 Å². The minimum atomic E-state index is -0.900. The lowest BCUT2D eigenvalue weighted by atomic mass is 10.1. The number of hydrogen-bond donors (Lipinski definition) is 1. The molecule has 0 aliphatic carbocycles. The van der Waals surface area contributed by atoms with E-state index in [1.54, 1.807) is 23.5 Å². The molecule has 2 rings (SSSR count). The fourth-order valence-corrected chi connectivity index (χ4v) is 3.73. The van der Waals surface area contributed by atoms with Crippen LogP contribution in [0.5, 0.6) is 0 Å². The van der Waals surface area contributed by atoms with Crippen LogP contribution in [0.3, 0.4) is 0 Å². The zero-order valence-electron chi connectivity index (χ0n) is 10.8. The van der Waals surface area contributed by atoms with Gasteiger partial charge in [0.1, 0.15) is 4.34 Å². The van der Waals surface area contributed by atoms with E-state index in [0.717, 1.165) is 27.5 Å². The van der Waals surface area contributed by atoms with Crippen LogP contribution in [-0.2, 0) is 13.1 Å². The highest BCUT2D eigenvalue weighted by atomic mass is 79.9. The summed E-state index contributed by atoms with van der Waals surface area (Å²) in [5, 5.41) is 8.85. The molecule has 1 N–H and O–H groups in total. The van der Waals surface area contributed by atoms with Gasteiger partial charge in [-0.1, -0.05) is 23.7 Å². The van der Waals surface area contributed by atoms with Crippen LogP contribution in [0.1, 0.15) is 20.8 Å². The Balaban J connectivity index is 1.97. The predicted octanol–water partition coefficient (Wildman–Crippen LogP) is 4.49. The number of benzene rings is 1. The topological polar surface area (TPSA) is 40.5 Å². The Hall–Kier alpha value is -0.880. The van der Waals surface area contributed by atoms with Crippen LogP contribution in [0.25, 0.3) is 0 Å². The van der Waals surface area contributed by atoms with Crippen molar-refractivity contribution in [1.29, 1.82) is 0 Å². The minimum Gasteiger partial charge on any atom is -0.478 e. The van der Waals surface area contributed by atoms with Crippen molar-refractivity contribution in [3.63, 3.8) is 0 Å². The minimum absolute atomic E-state index is 0.311. The molecule has 0 aliphatic rings. The molecule has 1 aromatic heterocycles. The number of carbonyl (C=O) groups is 1. The number of halogens is 2. The average Bonchev–Trinajstić information content (AvgIpc) is 2.68. The van der Waals surface area contributed by atoms with Crippen molar-refractivity contribution < 1.29 is 9.90 Å². The molecule has 0 bridgehead atoms. The second-order valence-corrected chi connectivity index (χ2v) is 7.10. The predicted molar refractivity (Wildman–Crippen MR) is 85.6 cm³/mol. The van der Waals surface area contributed by atoms with Gasteiger partial charge in [0, 0.05) is 22.4 Å². The summed E-state index contributed by atoms with van der Waals surface area (Å²) >= 11 is 11.0. The molecule has 0 atom stereocenters. The SMILES string of the molecule is CN(Cc1ccc(C(=O)O)cc1)Cc1cc(Br)c(Cl)s1. The fraction of sp³-hybridized carbons (Fsp3) is 0.214. The lowest BCUT2D eigenvalue weighted by molar-refractivity contribution is 0.0697. The lowest BCUT2D eigenvalue weighted by Crippen LogP contribution is -2.16. The zero-order chi connectivity index (χ0) is 14.7. The van der Waals surface area contributed by atoms with Gasteiger partial charge in [-0.25, -0.2) is 4.79 Å². The van der Waals surface area contributed by atoms with E-state index < -0.39 is 5.97 Å². The largest absolute Gasteiger partial charge is 0.478 e. The van der Waals surface area contributed by atoms with Gasteiger partial charge in [0.15, 0.2) is 0 Å². The molecule has 0 spiro atoms. The molecule has 1 heterocycles. The molecule has 0 aliphatic heterocycles. The van der Waals surface area contributed by atoms with Crippen molar-refractivity contribution in [3.8, 4) is 0 Å². The molecular formula is C14H13BrClNO2S. The van der Waals surface area contributed by atoms with Gasteiger partial charge in [0.2, 0.25) is 0 Å². The van der Waals surface area contributed by atoms with E-state index in [1.807, 2.05) is 25.2 Å². The van der Waals surface area contributed by atoms with Gasteiger partial charge < -0.3 is 5.11 Å². The molecule has 0 saturated heterocycles. The van der Waals surface area contributed by atoms with Gasteiger partial charge >= 0.3 is 5.97 Å². The van der Waals surface area contributed by atoms with Crippen LogP contribution in [0, 0.1) is 0 Å². The maximum Gasteiger partial charge on any atom is 0.335 e. The standard InChI is InChI=1S/C14H13BrClNO2S/c1-17(8-11-6-12(15)13(16)20-11)7-9-2-4-10(5-3-9)14(18)19/h2-6H,7-8H2,1H3,(H,18,19).